The number of aromatic nitrogens is 3. The third-order valence-electron chi connectivity index (χ3n) is 3.26. The lowest BCUT2D eigenvalue weighted by Crippen LogP contribution is -2.13. The molecule has 7 heteroatoms. The predicted molar refractivity (Wildman–Crippen MR) is 77.4 cm³/mol. The average Bonchev–Trinajstić information content (AvgIpc) is 3.00. The third-order valence-corrected chi connectivity index (χ3v) is 4.70. The zero-order valence-corrected chi connectivity index (χ0v) is 12.1. The fourth-order valence-corrected chi connectivity index (χ4v) is 3.57. The Hall–Kier alpha value is -1.24. The first kappa shape index (κ1) is 12.8. The Morgan fingerprint density at radius 2 is 2.26 bits per heavy atom. The van der Waals surface area contributed by atoms with Crippen LogP contribution in [0.25, 0.3) is 10.6 Å². The van der Waals surface area contributed by atoms with Crippen molar-refractivity contribution in [3.05, 3.63) is 22.4 Å². The van der Waals surface area contributed by atoms with E-state index in [0.717, 1.165) is 29.4 Å². The van der Waals surface area contributed by atoms with Gasteiger partial charge in [0.25, 0.3) is 0 Å². The number of nitrogen functional groups attached to an aromatic ring is 1. The van der Waals surface area contributed by atoms with Crippen LogP contribution in [0.2, 0.25) is 5.02 Å². The molecular weight excluding hydrogens is 282 g/mol. The number of thiazole rings is 1. The van der Waals surface area contributed by atoms with Crippen LogP contribution >= 0.6 is 22.9 Å². The van der Waals surface area contributed by atoms with E-state index in [0.29, 0.717) is 16.6 Å². The number of hydrogen-bond donors (Lipinski definition) is 1. The molecule has 0 amide bonds. The number of nitrogens with zero attached hydrogens (tertiary/aromatic N) is 4. The zero-order valence-electron chi connectivity index (χ0n) is 10.5. The number of halogens is 1. The Labute approximate surface area is 120 Å². The van der Waals surface area contributed by atoms with Gasteiger partial charge in [0.15, 0.2) is 0 Å². The average molecular weight is 296 g/mol. The highest BCUT2D eigenvalue weighted by Gasteiger charge is 2.24. The number of nitrogens with two attached hydrogens (primary N) is 1. The molecule has 1 saturated heterocycles. The molecule has 1 aliphatic rings. The minimum atomic E-state index is 0.231. The van der Waals surface area contributed by atoms with E-state index in [1.807, 2.05) is 6.20 Å². The van der Waals surface area contributed by atoms with Crippen molar-refractivity contribution in [2.45, 2.75) is 12.3 Å². The smallest absolute Gasteiger partial charge is 0.220 e. The first-order valence-corrected chi connectivity index (χ1v) is 7.25. The summed E-state index contributed by atoms with van der Waals surface area (Å²) in [4.78, 5) is 15.8. The van der Waals surface area contributed by atoms with Crippen LogP contribution in [0.5, 0.6) is 0 Å². The second-order valence-corrected chi connectivity index (χ2v) is 6.20. The molecule has 0 aliphatic carbocycles. The second-order valence-electron chi connectivity index (χ2n) is 4.74. The highest BCUT2D eigenvalue weighted by Crippen LogP contribution is 2.35. The molecule has 1 aliphatic heterocycles. The number of hydrogen-bond acceptors (Lipinski definition) is 6. The van der Waals surface area contributed by atoms with E-state index in [1.165, 1.54) is 6.20 Å². The van der Waals surface area contributed by atoms with Crippen molar-refractivity contribution in [3.63, 3.8) is 0 Å². The molecule has 19 heavy (non-hydrogen) atoms. The summed E-state index contributed by atoms with van der Waals surface area (Å²) in [6.07, 6.45) is 4.51. The maximum Gasteiger partial charge on any atom is 0.220 e. The van der Waals surface area contributed by atoms with Crippen molar-refractivity contribution in [2.24, 2.45) is 0 Å². The fraction of sp³-hybridized carbons (Fsp3) is 0.417. The van der Waals surface area contributed by atoms with Gasteiger partial charge in [-0.3, -0.25) is 0 Å². The molecule has 2 N–H and O–H groups in total. The molecule has 2 aromatic rings. The lowest BCUT2D eigenvalue weighted by Gasteiger charge is -2.06. The van der Waals surface area contributed by atoms with E-state index >= 15 is 0 Å². The van der Waals surface area contributed by atoms with Gasteiger partial charge in [0.05, 0.1) is 21.1 Å². The van der Waals surface area contributed by atoms with Crippen LogP contribution in [0.4, 0.5) is 5.95 Å². The first-order chi connectivity index (χ1) is 9.13. The van der Waals surface area contributed by atoms with E-state index in [1.54, 1.807) is 11.3 Å². The summed E-state index contributed by atoms with van der Waals surface area (Å²) < 4.78 is 0. The number of likely N-dealkylation sites (N-methyl/N-ethyl adjacent to an activating group) is 1. The minimum Gasteiger partial charge on any atom is -0.368 e. The SMILES string of the molecule is CN1CCC(c2ncc(-c3nc(N)ncc3Cl)s2)C1. The molecule has 0 aromatic carbocycles. The van der Waals surface area contributed by atoms with Gasteiger partial charge in [0.1, 0.15) is 5.69 Å². The highest BCUT2D eigenvalue weighted by molar-refractivity contribution is 7.15. The molecule has 0 bridgehead atoms. The van der Waals surface area contributed by atoms with Gasteiger partial charge in [-0.25, -0.2) is 15.0 Å². The van der Waals surface area contributed by atoms with E-state index in [4.69, 9.17) is 17.3 Å². The fourth-order valence-electron chi connectivity index (χ4n) is 2.28. The largest absolute Gasteiger partial charge is 0.368 e. The van der Waals surface area contributed by atoms with Gasteiger partial charge in [-0.2, -0.15) is 0 Å². The van der Waals surface area contributed by atoms with Crippen molar-refractivity contribution in [2.75, 3.05) is 25.9 Å². The number of anilines is 1. The van der Waals surface area contributed by atoms with Gasteiger partial charge in [0.2, 0.25) is 5.95 Å². The highest BCUT2D eigenvalue weighted by atomic mass is 35.5. The summed E-state index contributed by atoms with van der Waals surface area (Å²) in [6, 6.07) is 0. The summed E-state index contributed by atoms with van der Waals surface area (Å²) >= 11 is 7.75. The normalized spacial score (nSPS) is 20.0. The lowest BCUT2D eigenvalue weighted by atomic mass is 10.1. The Bertz CT molecular complexity index is 600. The lowest BCUT2D eigenvalue weighted by molar-refractivity contribution is 0.411. The summed E-state index contributed by atoms with van der Waals surface area (Å²) in [7, 11) is 2.14. The van der Waals surface area contributed by atoms with Gasteiger partial charge in [-0.05, 0) is 20.0 Å². The molecule has 1 unspecified atom stereocenters. The van der Waals surface area contributed by atoms with Crippen molar-refractivity contribution in [1.29, 1.82) is 0 Å². The monoisotopic (exact) mass is 295 g/mol. The van der Waals surface area contributed by atoms with Crippen LogP contribution in [0, 0.1) is 0 Å². The van der Waals surface area contributed by atoms with Crippen molar-refractivity contribution in [1.82, 2.24) is 19.9 Å². The van der Waals surface area contributed by atoms with Crippen LogP contribution in [0.15, 0.2) is 12.4 Å². The Balaban J connectivity index is 1.90. The van der Waals surface area contributed by atoms with Gasteiger partial charge in [-0.1, -0.05) is 11.6 Å². The molecule has 2 aromatic heterocycles. The van der Waals surface area contributed by atoms with E-state index in [2.05, 4.69) is 26.9 Å². The molecule has 5 nitrogen and oxygen atoms in total. The quantitative estimate of drug-likeness (QED) is 0.920. The maximum absolute atomic E-state index is 6.11. The molecule has 1 atom stereocenters. The predicted octanol–water partition coefficient (Wildman–Crippen LogP) is 2.25. The molecule has 0 saturated carbocycles. The number of likely N-dealkylation sites (tertiary alicyclic amines) is 1. The molecule has 0 spiro atoms. The summed E-state index contributed by atoms with van der Waals surface area (Å²) in [5.74, 6) is 0.747. The number of rotatable bonds is 2. The molecule has 100 valence electrons. The van der Waals surface area contributed by atoms with E-state index in [-0.39, 0.29) is 5.95 Å². The summed E-state index contributed by atoms with van der Waals surface area (Å²) in [5.41, 5.74) is 6.28. The first-order valence-electron chi connectivity index (χ1n) is 6.06. The topological polar surface area (TPSA) is 67.9 Å². The van der Waals surface area contributed by atoms with Crippen LogP contribution in [0.3, 0.4) is 0 Å². The maximum atomic E-state index is 6.11. The van der Waals surface area contributed by atoms with Crippen LogP contribution < -0.4 is 5.73 Å². The van der Waals surface area contributed by atoms with Crippen molar-refractivity contribution >= 4 is 28.9 Å². The van der Waals surface area contributed by atoms with Gasteiger partial charge in [0, 0.05) is 18.7 Å². The van der Waals surface area contributed by atoms with Crippen LogP contribution in [-0.2, 0) is 0 Å². The minimum absolute atomic E-state index is 0.231. The Morgan fingerprint density at radius 1 is 1.42 bits per heavy atom. The molecular formula is C12H14ClN5S. The van der Waals surface area contributed by atoms with Crippen molar-refractivity contribution < 1.29 is 0 Å². The van der Waals surface area contributed by atoms with Gasteiger partial charge in [-0.15, -0.1) is 11.3 Å². The van der Waals surface area contributed by atoms with Crippen LogP contribution in [0.1, 0.15) is 17.3 Å². The molecule has 1 fully saturated rings. The molecule has 3 rings (SSSR count). The summed E-state index contributed by atoms with van der Waals surface area (Å²) in [6.45, 7) is 2.19. The Morgan fingerprint density at radius 3 is 3.00 bits per heavy atom. The zero-order chi connectivity index (χ0) is 13.4. The standard InChI is InChI=1S/C12H14ClN5S/c1-18-3-2-7(6-18)11-15-5-9(19-11)10-8(13)4-16-12(14)17-10/h4-5,7H,2-3,6H2,1H3,(H2,14,16,17). The third kappa shape index (κ3) is 2.56. The van der Waals surface area contributed by atoms with Gasteiger partial charge >= 0.3 is 0 Å². The second kappa shape index (κ2) is 5.03. The summed E-state index contributed by atoms with van der Waals surface area (Å²) in [5, 5.41) is 1.65. The molecule has 0 radical (unpaired) electrons. The molecule has 3 heterocycles. The van der Waals surface area contributed by atoms with Gasteiger partial charge < -0.3 is 10.6 Å². The van der Waals surface area contributed by atoms with Crippen molar-refractivity contribution in [3.8, 4) is 10.6 Å². The van der Waals surface area contributed by atoms with Crippen LogP contribution in [-0.4, -0.2) is 40.0 Å². The van der Waals surface area contributed by atoms with E-state index < -0.39 is 0 Å². The Kier molecular flexibility index (Phi) is 3.38. The van der Waals surface area contributed by atoms with E-state index in [9.17, 15) is 0 Å².